The van der Waals surface area contributed by atoms with Gasteiger partial charge in [0.05, 0.1) is 17.9 Å². The van der Waals surface area contributed by atoms with Crippen LogP contribution in [0.1, 0.15) is 17.2 Å². The molecule has 2 aromatic heterocycles. The summed E-state index contributed by atoms with van der Waals surface area (Å²) in [6, 6.07) is 1.94. The smallest absolute Gasteiger partial charge is 0.257 e. The van der Waals surface area contributed by atoms with Crippen LogP contribution in [-0.4, -0.2) is 27.7 Å². The Morgan fingerprint density at radius 1 is 1.39 bits per heavy atom. The summed E-state index contributed by atoms with van der Waals surface area (Å²) in [6.07, 6.45) is 1.44. The van der Waals surface area contributed by atoms with Crippen molar-refractivity contribution in [1.82, 2.24) is 19.3 Å². The van der Waals surface area contributed by atoms with E-state index in [9.17, 15) is 8.42 Å². The molecule has 0 saturated heterocycles. The molecule has 2 heterocycles. The molecule has 0 aliphatic rings. The molecule has 0 unspecified atom stereocenters. The summed E-state index contributed by atoms with van der Waals surface area (Å²) in [4.78, 5) is 3.93. The highest BCUT2D eigenvalue weighted by Gasteiger charge is 2.15. The van der Waals surface area contributed by atoms with Crippen LogP contribution in [0.4, 0.5) is 0 Å². The quantitative estimate of drug-likeness (QED) is 0.843. The monoisotopic (exact) mass is 269 g/mol. The van der Waals surface area contributed by atoms with Crippen molar-refractivity contribution in [3.63, 3.8) is 0 Å². The van der Waals surface area contributed by atoms with E-state index in [0.717, 1.165) is 11.4 Å². The van der Waals surface area contributed by atoms with Gasteiger partial charge < -0.3 is 4.57 Å². The first-order chi connectivity index (χ1) is 8.27. The van der Waals surface area contributed by atoms with E-state index in [-0.39, 0.29) is 5.03 Å². The van der Waals surface area contributed by atoms with Gasteiger partial charge in [0.15, 0.2) is 5.03 Å². The Hall–Kier alpha value is -1.67. The van der Waals surface area contributed by atoms with Crippen LogP contribution in [0.2, 0.25) is 0 Å². The molecule has 0 spiro atoms. The number of rotatable bonds is 3. The molecule has 0 amide bonds. The summed E-state index contributed by atoms with van der Waals surface area (Å²) >= 11 is 0. The average molecular weight is 269 g/mol. The summed E-state index contributed by atoms with van der Waals surface area (Å²) in [5, 5.41) is 9.17. The van der Waals surface area contributed by atoms with Crippen LogP contribution >= 0.6 is 0 Å². The molecule has 0 aliphatic heterocycles. The predicted octanol–water partition coefficient (Wildman–Crippen LogP) is -0.0709. The molecule has 0 atom stereocenters. The molecule has 8 heteroatoms. The van der Waals surface area contributed by atoms with E-state index in [4.69, 9.17) is 5.14 Å². The topological polar surface area (TPSA) is 95.8 Å². The van der Waals surface area contributed by atoms with Crippen molar-refractivity contribution in [3.05, 3.63) is 29.5 Å². The van der Waals surface area contributed by atoms with E-state index in [1.54, 1.807) is 16.2 Å². The van der Waals surface area contributed by atoms with Gasteiger partial charge in [0.1, 0.15) is 5.82 Å². The summed E-state index contributed by atoms with van der Waals surface area (Å²) in [5.74, 6) is 0.595. The Kier molecular flexibility index (Phi) is 2.99. The van der Waals surface area contributed by atoms with Gasteiger partial charge in [0.25, 0.3) is 10.0 Å². The Morgan fingerprint density at radius 3 is 2.50 bits per heavy atom. The van der Waals surface area contributed by atoms with Crippen LogP contribution in [0, 0.1) is 13.8 Å². The van der Waals surface area contributed by atoms with Crippen LogP contribution in [0.3, 0.4) is 0 Å². The Labute approximate surface area is 105 Å². The number of primary sulfonamides is 1. The van der Waals surface area contributed by atoms with Crippen molar-refractivity contribution in [2.24, 2.45) is 12.2 Å². The fourth-order valence-corrected chi connectivity index (χ4v) is 2.30. The number of sulfonamides is 1. The van der Waals surface area contributed by atoms with Crippen LogP contribution in [0.15, 0.2) is 17.3 Å². The number of hydrogen-bond donors (Lipinski definition) is 1. The second kappa shape index (κ2) is 4.21. The van der Waals surface area contributed by atoms with Crippen LogP contribution in [-0.2, 0) is 23.6 Å². The first-order valence-electron chi connectivity index (χ1n) is 5.33. The third-order valence-corrected chi connectivity index (χ3v) is 3.46. The van der Waals surface area contributed by atoms with Gasteiger partial charge in [-0.2, -0.15) is 5.10 Å². The molecular formula is C10H15N5O2S. The maximum Gasteiger partial charge on any atom is 0.257 e. The second-order valence-corrected chi connectivity index (χ2v) is 5.71. The zero-order valence-corrected chi connectivity index (χ0v) is 11.3. The minimum atomic E-state index is -3.76. The number of nitrogens with two attached hydrogens (primary N) is 1. The minimum absolute atomic E-state index is 0.112. The number of nitrogens with zero attached hydrogens (tertiary/aromatic N) is 4. The Morgan fingerprint density at radius 2 is 2.06 bits per heavy atom. The Bertz CT molecular complexity index is 683. The first kappa shape index (κ1) is 12.8. The van der Waals surface area contributed by atoms with Gasteiger partial charge in [-0.15, -0.1) is 0 Å². The predicted molar refractivity (Wildman–Crippen MR) is 65.4 cm³/mol. The van der Waals surface area contributed by atoms with Gasteiger partial charge in [-0.3, -0.25) is 4.68 Å². The largest absolute Gasteiger partial charge is 0.328 e. The van der Waals surface area contributed by atoms with E-state index in [1.807, 2.05) is 20.0 Å². The molecule has 2 N–H and O–H groups in total. The maximum absolute atomic E-state index is 11.2. The van der Waals surface area contributed by atoms with Gasteiger partial charge in [-0.25, -0.2) is 18.5 Å². The summed E-state index contributed by atoms with van der Waals surface area (Å²) in [7, 11) is -1.91. The van der Waals surface area contributed by atoms with Crippen molar-refractivity contribution >= 4 is 10.0 Å². The second-order valence-electron chi connectivity index (χ2n) is 4.20. The lowest BCUT2D eigenvalue weighted by Gasteiger charge is -2.04. The summed E-state index contributed by atoms with van der Waals surface area (Å²) < 4.78 is 25.9. The highest BCUT2D eigenvalue weighted by atomic mass is 32.2. The molecule has 0 fully saturated rings. The molecule has 2 rings (SSSR count). The molecule has 0 aromatic carbocycles. The molecule has 0 saturated carbocycles. The maximum atomic E-state index is 11.2. The van der Waals surface area contributed by atoms with Gasteiger partial charge >= 0.3 is 0 Å². The lowest BCUT2D eigenvalue weighted by Crippen LogP contribution is -2.12. The average Bonchev–Trinajstić information content (AvgIpc) is 2.72. The van der Waals surface area contributed by atoms with Gasteiger partial charge in [-0.1, -0.05) is 0 Å². The van der Waals surface area contributed by atoms with Crippen LogP contribution in [0.5, 0.6) is 0 Å². The molecule has 0 bridgehead atoms. The molecule has 0 aliphatic carbocycles. The molecule has 2 aromatic rings. The standard InChI is InChI=1S/C10H15N5O2S/c1-7-4-9(14(3)13-7)5-15-6-10(12-8(15)2)18(11,16)17/h4,6H,5H2,1-3H3,(H2,11,16,17). The number of aryl methyl sites for hydroxylation is 3. The molecule has 18 heavy (non-hydrogen) atoms. The highest BCUT2D eigenvalue weighted by Crippen LogP contribution is 2.11. The van der Waals surface area contributed by atoms with Gasteiger partial charge in [0, 0.05) is 13.2 Å². The third-order valence-electron chi connectivity index (χ3n) is 2.68. The Balaban J connectivity index is 2.36. The lowest BCUT2D eigenvalue weighted by atomic mass is 10.3. The normalized spacial score (nSPS) is 12.0. The molecule has 7 nitrogen and oxygen atoms in total. The van der Waals surface area contributed by atoms with Crippen molar-refractivity contribution in [1.29, 1.82) is 0 Å². The van der Waals surface area contributed by atoms with Gasteiger partial charge in [-0.05, 0) is 19.9 Å². The SMILES string of the molecule is Cc1cc(Cn2cc(S(N)(=O)=O)nc2C)n(C)n1. The van der Waals surface area contributed by atoms with Crippen molar-refractivity contribution < 1.29 is 8.42 Å². The van der Waals surface area contributed by atoms with Gasteiger partial charge in [0.2, 0.25) is 0 Å². The lowest BCUT2D eigenvalue weighted by molar-refractivity contribution is 0.594. The number of hydrogen-bond acceptors (Lipinski definition) is 4. The molecular weight excluding hydrogens is 254 g/mol. The zero-order chi connectivity index (χ0) is 13.5. The highest BCUT2D eigenvalue weighted by molar-refractivity contribution is 7.89. The first-order valence-corrected chi connectivity index (χ1v) is 6.88. The fourth-order valence-electron chi connectivity index (χ4n) is 1.76. The minimum Gasteiger partial charge on any atom is -0.328 e. The summed E-state index contributed by atoms with van der Waals surface area (Å²) in [6.45, 7) is 4.14. The number of imidazole rings is 1. The van der Waals surface area contributed by atoms with E-state index in [2.05, 4.69) is 10.1 Å². The zero-order valence-electron chi connectivity index (χ0n) is 10.5. The molecule has 98 valence electrons. The van der Waals surface area contributed by atoms with Crippen molar-refractivity contribution in [2.45, 2.75) is 25.4 Å². The van der Waals surface area contributed by atoms with E-state index in [0.29, 0.717) is 12.4 Å². The van der Waals surface area contributed by atoms with Crippen LogP contribution in [0.25, 0.3) is 0 Å². The van der Waals surface area contributed by atoms with E-state index < -0.39 is 10.0 Å². The molecule has 0 radical (unpaired) electrons. The fraction of sp³-hybridized carbons (Fsp3) is 0.400. The van der Waals surface area contributed by atoms with E-state index >= 15 is 0 Å². The van der Waals surface area contributed by atoms with Crippen molar-refractivity contribution in [3.8, 4) is 0 Å². The van der Waals surface area contributed by atoms with Crippen molar-refractivity contribution in [2.75, 3.05) is 0 Å². The third kappa shape index (κ3) is 2.44. The van der Waals surface area contributed by atoms with E-state index in [1.165, 1.54) is 6.20 Å². The summed E-state index contributed by atoms with van der Waals surface area (Å²) in [5.41, 5.74) is 1.88. The number of aromatic nitrogens is 4. The van der Waals surface area contributed by atoms with Crippen LogP contribution < -0.4 is 5.14 Å².